The zero-order valence-corrected chi connectivity index (χ0v) is 86.0. The van der Waals surface area contributed by atoms with Crippen LogP contribution in [0.3, 0.4) is 0 Å². The number of amides is 6. The summed E-state index contributed by atoms with van der Waals surface area (Å²) in [6, 6.07) is 73.7. The van der Waals surface area contributed by atoms with Crippen LogP contribution in [0.4, 0.5) is 4.79 Å². The topological polar surface area (TPSA) is 508 Å². The summed E-state index contributed by atoms with van der Waals surface area (Å²) >= 11 is 6.71. The van der Waals surface area contributed by atoms with Crippen LogP contribution >= 0.6 is 36.2 Å². The van der Waals surface area contributed by atoms with Crippen molar-refractivity contribution in [2.24, 2.45) is 11.8 Å². The SMILES string of the molecule is C.C.CC(=O)O.CC1CCCO1.COC(=O)[C@@]1(Sc2ccc(C)cc2)CC(=O)NC1c1cccc(OC)c1.COC(=O)[C@H]1CC(=O)NC1c1cccc(OC)c1.COc1cccc(C2NC(=O)CC2(Sc2ccc(C)cc2)C(=O)O)c1.COc1cccc(C2NC(=O)C[C@@H]2C(=O)O)c1.COc1cccc(C2NC(=O)C[C@@H]2NC(=O)OCc2ccccc2)c1.COc1cccc(C=O)c1.Cc1ccc(S)cc1.N.O=C1C=CC(=O)O1. The molecule has 6 saturated heterocycles. The molecule has 0 aromatic heterocycles. The van der Waals surface area contributed by atoms with E-state index in [0.29, 0.717) is 51.7 Å². The molecule has 0 bridgehead atoms. The monoisotopic (exact) mass is 2110 g/mol. The normalized spacial score (nSPS) is 19.7. The summed E-state index contributed by atoms with van der Waals surface area (Å²) in [5, 5.41) is 43.4. The van der Waals surface area contributed by atoms with Crippen LogP contribution in [-0.4, -0.2) is 184 Å². The van der Waals surface area contributed by atoms with Crippen LogP contribution in [0.5, 0.6) is 34.5 Å². The van der Waals surface area contributed by atoms with Gasteiger partial charge in [0, 0.05) is 65.2 Å². The molecule has 10 aromatic rings. The average molecular weight is 2110 g/mol. The number of ether oxygens (including phenoxy) is 11. The van der Waals surface area contributed by atoms with E-state index in [1.807, 2.05) is 196 Å². The Kier molecular flexibility index (Phi) is 52.0. The Balaban J connectivity index is 0.000000302. The summed E-state index contributed by atoms with van der Waals surface area (Å²) in [5.74, 6) is -2.84. The van der Waals surface area contributed by atoms with Crippen molar-refractivity contribution in [3.63, 3.8) is 0 Å². The number of thiol groups is 1. The molecule has 6 amide bonds. The molecule has 0 saturated carbocycles. The van der Waals surface area contributed by atoms with Crippen molar-refractivity contribution in [2.75, 3.05) is 63.5 Å². The lowest BCUT2D eigenvalue weighted by Crippen LogP contribution is -2.41. The highest BCUT2D eigenvalue weighted by atomic mass is 32.2. The number of methoxy groups -OCH3 is 8. The second-order valence-electron chi connectivity index (χ2n) is 33.4. The molecule has 38 heteroatoms. The van der Waals surface area contributed by atoms with Gasteiger partial charge in [-0.3, -0.25) is 52.7 Å². The van der Waals surface area contributed by atoms with Gasteiger partial charge in [-0.1, -0.05) is 171 Å². The van der Waals surface area contributed by atoms with Crippen molar-refractivity contribution >= 4 is 120 Å². The fraction of sp³-hybridized carbons (Fsp3) is 0.315. The van der Waals surface area contributed by atoms with Crippen molar-refractivity contribution in [1.82, 2.24) is 38.1 Å². The number of carbonyl (C=O) groups excluding carboxylic acids is 11. The van der Waals surface area contributed by atoms with Gasteiger partial charge in [0.1, 0.15) is 47.4 Å². The Morgan fingerprint density at radius 2 is 0.832 bits per heavy atom. The molecule has 0 radical (unpaired) electrons. The third-order valence-corrected chi connectivity index (χ3v) is 26.0. The number of esters is 4. The molecule has 796 valence electrons. The number of carboxylic acids is 3. The zero-order valence-electron chi connectivity index (χ0n) is 83.5. The van der Waals surface area contributed by atoms with E-state index < -0.39 is 81.4 Å². The predicted molar refractivity (Wildman–Crippen MR) is 565 cm³/mol. The first-order chi connectivity index (χ1) is 69.9. The Labute approximate surface area is 881 Å². The van der Waals surface area contributed by atoms with Gasteiger partial charge in [-0.15, -0.1) is 36.2 Å². The van der Waals surface area contributed by atoms with Gasteiger partial charge in [-0.25, -0.2) is 14.4 Å². The van der Waals surface area contributed by atoms with Gasteiger partial charge in [-0.2, -0.15) is 0 Å². The number of carbonyl (C=O) groups is 14. The van der Waals surface area contributed by atoms with Crippen LogP contribution in [0.25, 0.3) is 0 Å². The number of aliphatic carboxylic acids is 3. The third-order valence-electron chi connectivity index (χ3n) is 22.8. The molecule has 11 atom stereocenters. The van der Waals surface area contributed by atoms with Crippen molar-refractivity contribution in [3.8, 4) is 34.5 Å². The largest absolute Gasteiger partial charge is 0.497 e. The zero-order chi connectivity index (χ0) is 107. The summed E-state index contributed by atoms with van der Waals surface area (Å²) in [6.07, 6.45) is 5.87. The first kappa shape index (κ1) is 124. The highest BCUT2D eigenvalue weighted by molar-refractivity contribution is 8.01. The molecule has 7 aliphatic heterocycles. The van der Waals surface area contributed by atoms with Crippen LogP contribution in [0.1, 0.15) is 164 Å². The Morgan fingerprint density at radius 1 is 0.456 bits per heavy atom. The molecule has 17 rings (SSSR count). The predicted octanol–water partition coefficient (Wildman–Crippen LogP) is 17.1. The van der Waals surface area contributed by atoms with Gasteiger partial charge >= 0.3 is 41.9 Å². The second kappa shape index (κ2) is 62.5. The molecule has 0 spiro atoms. The minimum absolute atomic E-state index is 0. The number of benzene rings is 10. The van der Waals surface area contributed by atoms with Gasteiger partial charge in [0.2, 0.25) is 29.5 Å². The van der Waals surface area contributed by atoms with E-state index in [2.05, 4.69) is 63.1 Å². The number of thioether (sulfide) groups is 2. The summed E-state index contributed by atoms with van der Waals surface area (Å²) in [6.45, 7) is 10.4. The Bertz CT molecular complexity index is 6100. The minimum Gasteiger partial charge on any atom is -0.497 e. The first-order valence-corrected chi connectivity index (χ1v) is 47.9. The molecule has 12 N–H and O–H groups in total. The lowest BCUT2D eigenvalue weighted by molar-refractivity contribution is -0.150. The quantitative estimate of drug-likeness (QED) is 0.00931. The lowest BCUT2D eigenvalue weighted by atomic mass is 9.93. The van der Waals surface area contributed by atoms with Crippen molar-refractivity contribution in [2.45, 2.75) is 168 Å². The van der Waals surface area contributed by atoms with E-state index >= 15 is 0 Å². The van der Waals surface area contributed by atoms with Gasteiger partial charge in [-0.05, 0) is 183 Å². The van der Waals surface area contributed by atoms with Crippen molar-refractivity contribution in [3.05, 3.63) is 317 Å². The maximum Gasteiger partial charge on any atom is 0.407 e. The van der Waals surface area contributed by atoms with E-state index in [0.717, 1.165) is 85.6 Å². The maximum absolute atomic E-state index is 12.8. The molecule has 7 heterocycles. The number of cyclic esters (lactones) is 2. The number of aryl methyl sites for hydroxylation is 3. The van der Waals surface area contributed by atoms with Gasteiger partial charge in [0.05, 0.1) is 124 Å². The first-order valence-electron chi connectivity index (χ1n) is 45.8. The minimum atomic E-state index is -1.31. The number of carboxylic acid groups (broad SMARTS) is 3. The molecule has 35 nitrogen and oxygen atoms in total. The van der Waals surface area contributed by atoms with Gasteiger partial charge in [0.15, 0.2) is 9.49 Å². The summed E-state index contributed by atoms with van der Waals surface area (Å²) < 4.78 is 52.7. The van der Waals surface area contributed by atoms with Crippen molar-refractivity contribution < 1.29 is 135 Å². The molecule has 0 aliphatic carbocycles. The maximum atomic E-state index is 12.8. The van der Waals surface area contributed by atoms with E-state index in [9.17, 15) is 67.4 Å². The molecule has 149 heavy (non-hydrogen) atoms. The van der Waals surface area contributed by atoms with Crippen LogP contribution in [-0.2, 0) is 87.8 Å². The molecule has 6 fully saturated rings. The van der Waals surface area contributed by atoms with Crippen LogP contribution in [0.2, 0.25) is 0 Å². The highest BCUT2D eigenvalue weighted by Gasteiger charge is 2.57. The van der Waals surface area contributed by atoms with E-state index in [1.54, 1.807) is 109 Å². The molecule has 7 unspecified atom stereocenters. The smallest absolute Gasteiger partial charge is 0.407 e. The van der Waals surface area contributed by atoms with Gasteiger partial charge in [0.25, 0.3) is 5.97 Å². The van der Waals surface area contributed by atoms with Crippen LogP contribution in [0.15, 0.2) is 276 Å². The van der Waals surface area contributed by atoms with E-state index in [1.165, 1.54) is 56.1 Å². The van der Waals surface area contributed by atoms with E-state index in [-0.39, 0.29) is 113 Å². The average Bonchev–Trinajstić information content (AvgIpc) is 1.61. The third kappa shape index (κ3) is 38.7. The number of rotatable bonds is 23. The number of hydrogen-bond donors (Lipinski definition) is 11. The summed E-state index contributed by atoms with van der Waals surface area (Å²) in [7, 11) is 12.1. The standard InChI is InChI=1S/C20H21NO4S.C19H20N2O4.C19H19NO4S.C13H15NO4.C12H13NO4.C8H8O2.C7H8S.C5H10O.C4H2O3.C2H4O2.2CH4.H3N/c1-13-7-9-16(10-8-13)26-20(19(23)25-3)12-17(22)21-18(20)14-5-4-6-15(11-14)24-2;1-24-15-9-5-8-14(10-15)18-16(11-17(22)21-18)20-19(23)25-12-13-6-3-2-4-7-13;1-12-6-8-15(9-7-12)25-19(18(22)23)11-16(21)20-17(19)13-4-3-5-14(10-13)24-2;1-17-9-5-3-4-8(6-9)12-10(13(16)18-2)7-11(15)14-12;1-17-8-4-2-3-7(5-8)11-9(12(15)16)6-10(14)13-11;1-10-8-4-2-3-7(5-8)6-9;1-6-2-4-7(8)5-3-6;1-5-3-2-4-6-5;5-3-1-2-4(6)7-3;1-2(3)4;;;/h4-11,18H,12H2,1-3H3,(H,21,22);2-10,16,18H,11-12H2,1H3,(H,20,23)(H,21,22);3-10,17H,11H2,1-2H3,(H,20,21)(H,22,23);3-6,10,12H,7H2,1-2H3,(H,14,15);2-5,9,11H,6H2,1H3,(H,13,14)(H,15,16);2-6H,1H3;2-5,8H,1H3;5H,2-4H2,1H3;1-2H;1H3,(H,3,4);2*1H4;1H3/t18?,20-;16-,18?;;10-,12?;9-,11?;;;;;;;;/m10.00......../s1. The van der Waals surface area contributed by atoms with Gasteiger partial charge < -0.3 is 105 Å². The fourth-order valence-corrected chi connectivity index (χ4v) is 18.3. The molecule has 10 aromatic carbocycles. The van der Waals surface area contributed by atoms with Crippen molar-refractivity contribution in [1.29, 1.82) is 0 Å². The highest BCUT2D eigenvalue weighted by Crippen LogP contribution is 2.51. The lowest BCUT2D eigenvalue weighted by Gasteiger charge is -2.31. The number of alkyl carbamates (subject to hydrolysis) is 1. The number of nitrogens with one attached hydrogen (secondary N) is 6. The summed E-state index contributed by atoms with van der Waals surface area (Å²) in [5.41, 5.74) is 9.04. The fourth-order valence-electron chi connectivity index (χ4n) is 15.5. The Hall–Kier alpha value is -15.5. The second-order valence-corrected chi connectivity index (χ2v) is 36.7. The van der Waals surface area contributed by atoms with Crippen LogP contribution in [0, 0.1) is 32.6 Å². The number of aldehydes is 1. The summed E-state index contributed by atoms with van der Waals surface area (Å²) in [4.78, 5) is 161. The Morgan fingerprint density at radius 3 is 1.21 bits per heavy atom. The molecular formula is C111H131N7O28S3. The van der Waals surface area contributed by atoms with E-state index in [4.69, 9.17) is 62.4 Å². The molecule has 7 aliphatic rings. The molecular weight excluding hydrogens is 1980 g/mol. The number of hydrogen-bond acceptors (Lipinski definition) is 29. The van der Waals surface area contributed by atoms with Crippen LogP contribution < -0.4 is 66.5 Å².